The molecular weight excluding hydrogens is 460 g/mol. The van der Waals surface area contributed by atoms with Crippen LogP contribution in [0.4, 0.5) is 10.5 Å². The maximum absolute atomic E-state index is 13.3. The molecule has 0 aliphatic carbocycles. The minimum Gasteiger partial charge on any atom is -0.491 e. The monoisotopic (exact) mass is 498 g/mol. The zero-order chi connectivity index (χ0) is 26.6. The minimum absolute atomic E-state index is 0.263. The summed E-state index contributed by atoms with van der Waals surface area (Å²) in [6.07, 6.45) is 2.03. The van der Waals surface area contributed by atoms with Gasteiger partial charge < -0.3 is 24.8 Å². The van der Waals surface area contributed by atoms with Crippen LogP contribution in [0.3, 0.4) is 0 Å². The molecule has 0 unspecified atom stereocenters. The average molecular weight is 499 g/mol. The molecule has 36 heavy (non-hydrogen) atoms. The summed E-state index contributed by atoms with van der Waals surface area (Å²) in [5.41, 5.74) is 0.899. The molecule has 0 spiro atoms. The van der Waals surface area contributed by atoms with E-state index in [1.54, 1.807) is 39.0 Å². The van der Waals surface area contributed by atoms with Gasteiger partial charge in [-0.05, 0) is 57.4 Å². The van der Waals surface area contributed by atoms with E-state index in [0.29, 0.717) is 36.6 Å². The Kier molecular flexibility index (Phi) is 11.2. The summed E-state index contributed by atoms with van der Waals surface area (Å²) >= 11 is 0. The second-order valence-corrected chi connectivity index (χ2v) is 9.43. The number of carbonyl (C=O) groups is 3. The zero-order valence-electron chi connectivity index (χ0n) is 21.9. The number of hydrogen-bond acceptors (Lipinski definition) is 6. The molecule has 196 valence electrons. The fraction of sp³-hybridized carbons (Fsp3) is 0.464. The maximum atomic E-state index is 13.3. The summed E-state index contributed by atoms with van der Waals surface area (Å²) in [6.45, 7) is 9.98. The SMILES string of the molecule is CCCCOc1cc(C(=O)OCCC)ccc1NC(=O)[C@@H](Cc1ccccc1)NC(=O)OC(C)(C)C. The van der Waals surface area contributed by atoms with Crippen LogP contribution in [0.2, 0.25) is 0 Å². The highest BCUT2D eigenvalue weighted by Gasteiger charge is 2.26. The molecule has 0 aromatic heterocycles. The van der Waals surface area contributed by atoms with Crippen molar-refractivity contribution in [3.63, 3.8) is 0 Å². The Labute approximate surface area is 213 Å². The Morgan fingerprint density at radius 1 is 0.944 bits per heavy atom. The summed E-state index contributed by atoms with van der Waals surface area (Å²) in [5.74, 6) is -0.534. The molecule has 2 amide bonds. The van der Waals surface area contributed by atoms with Crippen LogP contribution < -0.4 is 15.4 Å². The van der Waals surface area contributed by atoms with Crippen LogP contribution in [0.15, 0.2) is 48.5 Å². The number of hydrogen-bond donors (Lipinski definition) is 2. The molecule has 0 bridgehead atoms. The third-order valence-electron chi connectivity index (χ3n) is 4.96. The van der Waals surface area contributed by atoms with Crippen molar-refractivity contribution >= 4 is 23.7 Å². The topological polar surface area (TPSA) is 103 Å². The van der Waals surface area contributed by atoms with Gasteiger partial charge in [0.05, 0.1) is 24.5 Å². The number of amides is 2. The lowest BCUT2D eigenvalue weighted by atomic mass is 10.1. The number of ether oxygens (including phenoxy) is 3. The molecule has 0 saturated carbocycles. The molecule has 0 radical (unpaired) electrons. The van der Waals surface area contributed by atoms with Crippen LogP contribution in [0.5, 0.6) is 5.75 Å². The van der Waals surface area contributed by atoms with Gasteiger partial charge in [0, 0.05) is 6.42 Å². The number of unbranched alkanes of at least 4 members (excludes halogenated alkanes) is 1. The second-order valence-electron chi connectivity index (χ2n) is 9.43. The van der Waals surface area contributed by atoms with Gasteiger partial charge in [0.1, 0.15) is 17.4 Å². The number of rotatable bonds is 12. The first-order valence-electron chi connectivity index (χ1n) is 12.4. The summed E-state index contributed by atoms with van der Waals surface area (Å²) < 4.78 is 16.5. The van der Waals surface area contributed by atoms with E-state index in [1.165, 1.54) is 0 Å². The minimum atomic E-state index is -0.903. The molecule has 2 aromatic rings. The quantitative estimate of drug-likeness (QED) is 0.296. The molecule has 0 saturated heterocycles. The van der Waals surface area contributed by atoms with Gasteiger partial charge in [-0.25, -0.2) is 9.59 Å². The number of carbonyl (C=O) groups excluding carboxylic acids is 3. The van der Waals surface area contributed by atoms with Crippen molar-refractivity contribution in [1.29, 1.82) is 0 Å². The van der Waals surface area contributed by atoms with Gasteiger partial charge in [-0.1, -0.05) is 50.6 Å². The lowest BCUT2D eigenvalue weighted by molar-refractivity contribution is -0.118. The highest BCUT2D eigenvalue weighted by atomic mass is 16.6. The fourth-order valence-corrected chi connectivity index (χ4v) is 3.21. The van der Waals surface area contributed by atoms with Crippen LogP contribution in [-0.4, -0.2) is 42.8 Å². The van der Waals surface area contributed by atoms with Crippen LogP contribution in [-0.2, 0) is 20.7 Å². The Morgan fingerprint density at radius 3 is 2.31 bits per heavy atom. The normalized spacial score (nSPS) is 11.8. The van der Waals surface area contributed by atoms with Crippen molar-refractivity contribution in [1.82, 2.24) is 5.32 Å². The van der Waals surface area contributed by atoms with Crippen molar-refractivity contribution in [2.45, 2.75) is 71.9 Å². The van der Waals surface area contributed by atoms with Gasteiger partial charge in [0.2, 0.25) is 5.91 Å². The molecule has 1 atom stereocenters. The highest BCUT2D eigenvalue weighted by molar-refractivity contribution is 5.99. The summed E-state index contributed by atoms with van der Waals surface area (Å²) in [6, 6.07) is 13.2. The van der Waals surface area contributed by atoms with E-state index in [9.17, 15) is 14.4 Å². The van der Waals surface area contributed by atoms with Crippen molar-refractivity contribution < 1.29 is 28.6 Å². The van der Waals surface area contributed by atoms with Gasteiger partial charge in [-0.3, -0.25) is 4.79 Å². The van der Waals surface area contributed by atoms with Crippen molar-refractivity contribution in [2.75, 3.05) is 18.5 Å². The molecule has 0 aliphatic heterocycles. The lowest BCUT2D eigenvalue weighted by Crippen LogP contribution is -2.47. The van der Waals surface area contributed by atoms with Crippen LogP contribution >= 0.6 is 0 Å². The Bertz CT molecular complexity index is 1000. The molecule has 8 heteroatoms. The summed E-state index contributed by atoms with van der Waals surface area (Å²) in [5, 5.41) is 5.53. The van der Waals surface area contributed by atoms with E-state index in [4.69, 9.17) is 14.2 Å². The van der Waals surface area contributed by atoms with Crippen molar-refractivity contribution in [3.05, 3.63) is 59.7 Å². The highest BCUT2D eigenvalue weighted by Crippen LogP contribution is 2.27. The summed E-state index contributed by atoms with van der Waals surface area (Å²) in [4.78, 5) is 38.1. The second kappa shape index (κ2) is 14.1. The largest absolute Gasteiger partial charge is 0.491 e. The smallest absolute Gasteiger partial charge is 0.408 e. The lowest BCUT2D eigenvalue weighted by Gasteiger charge is -2.24. The number of anilines is 1. The predicted octanol–water partition coefficient (Wildman–Crippen LogP) is 5.51. The van der Waals surface area contributed by atoms with Crippen LogP contribution in [0.25, 0.3) is 0 Å². The first-order valence-corrected chi connectivity index (χ1v) is 12.4. The first kappa shape index (κ1) is 28.7. The van der Waals surface area contributed by atoms with Crippen LogP contribution in [0.1, 0.15) is 69.8 Å². The molecule has 0 fully saturated rings. The van der Waals surface area contributed by atoms with Gasteiger partial charge in [-0.2, -0.15) is 0 Å². The summed E-state index contributed by atoms with van der Waals surface area (Å²) in [7, 11) is 0. The predicted molar refractivity (Wildman–Crippen MR) is 139 cm³/mol. The third kappa shape index (κ3) is 9.98. The van der Waals surface area contributed by atoms with E-state index in [-0.39, 0.29) is 6.42 Å². The number of nitrogens with one attached hydrogen (secondary N) is 2. The molecule has 2 aromatic carbocycles. The van der Waals surface area contributed by atoms with E-state index < -0.39 is 29.6 Å². The Balaban J connectivity index is 2.27. The standard InChI is InChI=1S/C28H38N2O6/c1-6-8-17-34-24-19-21(26(32)35-16-7-2)14-15-22(24)29-25(31)23(18-20-12-10-9-11-13-20)30-27(33)36-28(3,4)5/h9-15,19,23H,6-8,16-18H2,1-5H3,(H,29,31)(H,30,33)/t23-/m1/s1. The van der Waals surface area contributed by atoms with Gasteiger partial charge in [0.15, 0.2) is 0 Å². The van der Waals surface area contributed by atoms with Crippen LogP contribution in [0, 0.1) is 0 Å². The Morgan fingerprint density at radius 2 is 1.67 bits per heavy atom. The molecule has 2 rings (SSSR count). The van der Waals surface area contributed by atoms with E-state index >= 15 is 0 Å². The zero-order valence-corrected chi connectivity index (χ0v) is 21.9. The van der Waals surface area contributed by atoms with E-state index in [0.717, 1.165) is 18.4 Å². The fourth-order valence-electron chi connectivity index (χ4n) is 3.21. The molecular formula is C28H38N2O6. The Hall–Kier alpha value is -3.55. The van der Waals surface area contributed by atoms with Crippen molar-refractivity contribution in [3.8, 4) is 5.75 Å². The number of benzene rings is 2. The molecule has 8 nitrogen and oxygen atoms in total. The van der Waals surface area contributed by atoms with Crippen molar-refractivity contribution in [2.24, 2.45) is 0 Å². The number of alkyl carbamates (subject to hydrolysis) is 1. The van der Waals surface area contributed by atoms with Gasteiger partial charge in [0.25, 0.3) is 0 Å². The van der Waals surface area contributed by atoms with E-state index in [2.05, 4.69) is 10.6 Å². The maximum Gasteiger partial charge on any atom is 0.408 e. The first-order chi connectivity index (χ1) is 17.1. The third-order valence-corrected chi connectivity index (χ3v) is 4.96. The molecule has 2 N–H and O–H groups in total. The average Bonchev–Trinajstić information content (AvgIpc) is 2.82. The number of esters is 1. The van der Waals surface area contributed by atoms with Gasteiger partial charge >= 0.3 is 12.1 Å². The van der Waals surface area contributed by atoms with E-state index in [1.807, 2.05) is 44.2 Å². The van der Waals surface area contributed by atoms with Gasteiger partial charge in [-0.15, -0.1) is 0 Å². The molecule has 0 aliphatic rings. The molecule has 0 heterocycles.